The van der Waals surface area contributed by atoms with Crippen molar-refractivity contribution in [3.05, 3.63) is 12.3 Å². The van der Waals surface area contributed by atoms with Crippen LogP contribution in [-0.4, -0.2) is 19.5 Å². The topological polar surface area (TPSA) is 24.7 Å². The van der Waals surface area contributed by atoms with Crippen LogP contribution >= 0.6 is 0 Å². The third kappa shape index (κ3) is 5.52. The maximum atomic E-state index is 4.08. The Kier molecular flexibility index (Phi) is 4.42. The summed E-state index contributed by atoms with van der Waals surface area (Å²) in [5, 5.41) is 0. The summed E-state index contributed by atoms with van der Waals surface area (Å²) in [6.07, 6.45) is 7.42. The lowest BCUT2D eigenvalue weighted by molar-refractivity contribution is 0.763. The third-order valence-corrected chi connectivity index (χ3v) is 1.10. The van der Waals surface area contributed by atoms with Crippen LogP contribution in [0, 0.1) is 5.41 Å². The number of rotatable bonds is 3. The van der Waals surface area contributed by atoms with Crippen LogP contribution in [0.3, 0.4) is 0 Å². The molecule has 2 nitrogen and oxygen atoms in total. The van der Waals surface area contributed by atoms with Gasteiger partial charge in [0.25, 0.3) is 0 Å². The van der Waals surface area contributed by atoms with E-state index in [2.05, 4.69) is 23.8 Å². The quantitative estimate of drug-likeness (QED) is 0.554. The van der Waals surface area contributed by atoms with E-state index in [4.69, 9.17) is 0 Å². The highest BCUT2D eigenvalue weighted by Crippen LogP contribution is 2.07. The van der Waals surface area contributed by atoms with Gasteiger partial charge in [-0.1, -0.05) is 6.08 Å². The highest BCUT2D eigenvalue weighted by Gasteiger charge is 2.09. The summed E-state index contributed by atoms with van der Waals surface area (Å²) in [6, 6.07) is 0. The second-order valence-corrected chi connectivity index (χ2v) is 2.97. The second kappa shape index (κ2) is 4.83. The van der Waals surface area contributed by atoms with E-state index in [0.29, 0.717) is 0 Å². The van der Waals surface area contributed by atoms with E-state index in [1.54, 1.807) is 13.2 Å². The van der Waals surface area contributed by atoms with Crippen molar-refractivity contribution >= 4 is 12.4 Å². The Hall–Kier alpha value is -0.920. The molecule has 0 aromatic heterocycles. The highest BCUT2D eigenvalue weighted by atomic mass is 14.7. The molecule has 0 aromatic carbocycles. The zero-order chi connectivity index (χ0) is 8.74. The van der Waals surface area contributed by atoms with Crippen molar-refractivity contribution in [3.8, 4) is 0 Å². The minimum Gasteiger partial charge on any atom is -0.300 e. The lowest BCUT2D eigenvalue weighted by atomic mass is 9.98. The largest absolute Gasteiger partial charge is 0.300 e. The Morgan fingerprint density at radius 1 is 1.18 bits per heavy atom. The minimum atomic E-state index is -0.0335. The van der Waals surface area contributed by atoms with Gasteiger partial charge in [-0.15, -0.1) is 0 Å². The molecule has 0 N–H and O–H groups in total. The molecule has 62 valence electrons. The average molecular weight is 152 g/mol. The van der Waals surface area contributed by atoms with E-state index in [1.165, 1.54) is 0 Å². The first-order valence-corrected chi connectivity index (χ1v) is 3.71. The molecule has 0 bridgehead atoms. The number of aliphatic imine (C=N–C) groups is 2. The summed E-state index contributed by atoms with van der Waals surface area (Å²) < 4.78 is 0. The van der Waals surface area contributed by atoms with Gasteiger partial charge in [0, 0.05) is 31.1 Å². The van der Waals surface area contributed by atoms with E-state index < -0.39 is 0 Å². The van der Waals surface area contributed by atoms with Crippen LogP contribution in [0.1, 0.15) is 20.8 Å². The van der Waals surface area contributed by atoms with Gasteiger partial charge in [0.15, 0.2) is 0 Å². The van der Waals surface area contributed by atoms with Gasteiger partial charge in [-0.05, 0) is 20.8 Å². The van der Waals surface area contributed by atoms with E-state index in [1.807, 2.05) is 25.4 Å². The lowest BCUT2D eigenvalue weighted by Gasteiger charge is -2.10. The molecule has 0 aliphatic rings. The zero-order valence-corrected chi connectivity index (χ0v) is 7.70. The number of nitrogens with zero attached hydrogens (tertiary/aromatic N) is 2. The molecule has 0 aliphatic carbocycles. The normalized spacial score (nSPS) is 14.2. The first-order valence-electron chi connectivity index (χ1n) is 3.71. The van der Waals surface area contributed by atoms with Crippen molar-refractivity contribution in [1.29, 1.82) is 0 Å². The first kappa shape index (κ1) is 10.1. The van der Waals surface area contributed by atoms with E-state index >= 15 is 0 Å². The monoisotopic (exact) mass is 152 g/mol. The fourth-order valence-electron chi connectivity index (χ4n) is 0.687. The summed E-state index contributed by atoms with van der Waals surface area (Å²) in [7, 11) is 1.77. The van der Waals surface area contributed by atoms with Gasteiger partial charge in [-0.3, -0.25) is 9.98 Å². The Balaban J connectivity index is 4.10. The molecular formula is C9H16N2. The molecule has 0 rings (SSSR count). The molecular weight excluding hydrogens is 136 g/mol. The van der Waals surface area contributed by atoms with Crippen LogP contribution < -0.4 is 0 Å². The molecule has 0 heterocycles. The van der Waals surface area contributed by atoms with Crippen LogP contribution in [-0.2, 0) is 0 Å². The predicted octanol–water partition coefficient (Wildman–Crippen LogP) is 2.32. The van der Waals surface area contributed by atoms with Crippen molar-refractivity contribution in [2.24, 2.45) is 15.4 Å². The van der Waals surface area contributed by atoms with Crippen LogP contribution in [0.4, 0.5) is 0 Å². The molecule has 0 radical (unpaired) electrons. The predicted molar refractivity (Wildman–Crippen MR) is 51.5 cm³/mol. The maximum absolute atomic E-state index is 4.08. The number of hydrogen-bond donors (Lipinski definition) is 0. The number of hydrogen-bond acceptors (Lipinski definition) is 2. The van der Waals surface area contributed by atoms with E-state index in [-0.39, 0.29) is 5.41 Å². The fourth-order valence-corrected chi connectivity index (χ4v) is 0.687. The molecule has 11 heavy (non-hydrogen) atoms. The maximum Gasteiger partial charge on any atom is 0.0348 e. The Morgan fingerprint density at radius 2 is 1.82 bits per heavy atom. The van der Waals surface area contributed by atoms with Gasteiger partial charge in [-0.25, -0.2) is 0 Å². The Morgan fingerprint density at radius 3 is 2.27 bits per heavy atom. The van der Waals surface area contributed by atoms with Gasteiger partial charge in [0.1, 0.15) is 0 Å². The third-order valence-electron chi connectivity index (χ3n) is 1.10. The lowest BCUT2D eigenvalue weighted by Crippen LogP contribution is -2.14. The number of allylic oxidation sites excluding steroid dienone is 1. The van der Waals surface area contributed by atoms with Gasteiger partial charge < -0.3 is 0 Å². The zero-order valence-electron chi connectivity index (χ0n) is 7.70. The average Bonchev–Trinajstić information content (AvgIpc) is 1.87. The SMILES string of the molecule is C/C=C\N=CC(C)(C)C=NC. The fraction of sp³-hybridized carbons (Fsp3) is 0.556. The molecule has 0 aliphatic heterocycles. The summed E-state index contributed by atoms with van der Waals surface area (Å²) in [6.45, 7) is 6.07. The molecule has 0 aromatic rings. The Labute approximate surface area is 68.8 Å². The van der Waals surface area contributed by atoms with Crippen molar-refractivity contribution in [1.82, 2.24) is 0 Å². The second-order valence-electron chi connectivity index (χ2n) is 2.97. The summed E-state index contributed by atoms with van der Waals surface area (Å²) in [4.78, 5) is 8.03. The van der Waals surface area contributed by atoms with Crippen molar-refractivity contribution in [3.63, 3.8) is 0 Å². The van der Waals surface area contributed by atoms with Gasteiger partial charge in [0.05, 0.1) is 0 Å². The van der Waals surface area contributed by atoms with Crippen molar-refractivity contribution < 1.29 is 0 Å². The van der Waals surface area contributed by atoms with Crippen molar-refractivity contribution in [2.75, 3.05) is 7.05 Å². The highest BCUT2D eigenvalue weighted by molar-refractivity contribution is 5.88. The standard InChI is InChI=1S/C9H16N2/c1-5-6-11-8-9(2,3)7-10-4/h5-8H,1-4H3/b6-5-,10-7?,11-8?. The van der Waals surface area contributed by atoms with Gasteiger partial charge in [-0.2, -0.15) is 0 Å². The first-order chi connectivity index (χ1) is 5.12. The molecule has 0 unspecified atom stereocenters. The molecule has 2 heteroatoms. The summed E-state index contributed by atoms with van der Waals surface area (Å²) in [5.41, 5.74) is -0.0335. The van der Waals surface area contributed by atoms with Crippen LogP contribution in [0.25, 0.3) is 0 Å². The van der Waals surface area contributed by atoms with E-state index in [9.17, 15) is 0 Å². The molecule has 0 saturated heterocycles. The smallest absolute Gasteiger partial charge is 0.0348 e. The molecule has 0 saturated carbocycles. The summed E-state index contributed by atoms with van der Waals surface area (Å²) in [5.74, 6) is 0. The Bertz CT molecular complexity index is 176. The summed E-state index contributed by atoms with van der Waals surface area (Å²) >= 11 is 0. The van der Waals surface area contributed by atoms with Gasteiger partial charge >= 0.3 is 0 Å². The molecule has 0 spiro atoms. The van der Waals surface area contributed by atoms with Crippen molar-refractivity contribution in [2.45, 2.75) is 20.8 Å². The van der Waals surface area contributed by atoms with Crippen LogP contribution in [0.2, 0.25) is 0 Å². The van der Waals surface area contributed by atoms with Crippen LogP contribution in [0.5, 0.6) is 0 Å². The van der Waals surface area contributed by atoms with E-state index in [0.717, 1.165) is 0 Å². The molecule has 0 fully saturated rings. The molecule has 0 amide bonds. The van der Waals surface area contributed by atoms with Crippen LogP contribution in [0.15, 0.2) is 22.3 Å². The molecule has 0 atom stereocenters. The minimum absolute atomic E-state index is 0.0335. The van der Waals surface area contributed by atoms with Gasteiger partial charge in [0.2, 0.25) is 0 Å².